The molecule has 2 aliphatic rings. The maximum Gasteiger partial charge on any atom is 0.410 e. The molecular formula is C56H68N6O12S. The van der Waals surface area contributed by atoms with Gasteiger partial charge in [0.1, 0.15) is 11.2 Å². The number of hydrogen-bond donors (Lipinski definition) is 2. The molecule has 0 spiro atoms. The molecular weight excluding hydrogens is 981 g/mol. The number of aliphatic hydroxyl groups is 2. The van der Waals surface area contributed by atoms with E-state index in [9.17, 15) is 49.6 Å². The summed E-state index contributed by atoms with van der Waals surface area (Å²) < 4.78 is 11.0. The van der Waals surface area contributed by atoms with Crippen molar-refractivity contribution in [1.82, 2.24) is 19.6 Å². The lowest BCUT2D eigenvalue weighted by atomic mass is 9.89. The molecule has 6 rings (SSSR count). The fourth-order valence-corrected chi connectivity index (χ4v) is 10.3. The van der Waals surface area contributed by atoms with Crippen LogP contribution in [0.3, 0.4) is 0 Å². The van der Waals surface area contributed by atoms with Gasteiger partial charge in [0, 0.05) is 51.4 Å². The highest BCUT2D eigenvalue weighted by molar-refractivity contribution is 7.99. The Hall–Kier alpha value is -7.09. The summed E-state index contributed by atoms with van der Waals surface area (Å²) in [4.78, 5) is 85.7. The van der Waals surface area contributed by atoms with Crippen molar-refractivity contribution in [2.45, 2.75) is 114 Å². The van der Waals surface area contributed by atoms with E-state index >= 15 is 0 Å². The number of nitro groups is 2. The molecule has 0 bridgehead atoms. The van der Waals surface area contributed by atoms with Gasteiger partial charge in [0.05, 0.1) is 56.1 Å². The second-order valence-corrected chi connectivity index (χ2v) is 22.2. The molecule has 75 heavy (non-hydrogen) atoms. The molecule has 4 aromatic carbocycles. The van der Waals surface area contributed by atoms with Crippen LogP contribution in [0.4, 0.5) is 21.0 Å². The summed E-state index contributed by atoms with van der Waals surface area (Å²) >= 11 is 0.851. The Bertz CT molecular complexity index is 2680. The molecule has 18 nitrogen and oxygen atoms in total. The fourth-order valence-electron chi connectivity index (χ4n) is 9.22. The second kappa shape index (κ2) is 24.1. The minimum absolute atomic E-state index is 0.0308. The van der Waals surface area contributed by atoms with E-state index in [4.69, 9.17) is 9.47 Å². The van der Waals surface area contributed by atoms with Crippen molar-refractivity contribution in [3.63, 3.8) is 0 Å². The van der Waals surface area contributed by atoms with Crippen LogP contribution in [0.2, 0.25) is 0 Å². The molecule has 0 aromatic heterocycles. The van der Waals surface area contributed by atoms with E-state index in [0.717, 1.165) is 22.9 Å². The van der Waals surface area contributed by atoms with Crippen LogP contribution in [0.25, 0.3) is 34.4 Å². The van der Waals surface area contributed by atoms with E-state index in [0.29, 0.717) is 22.3 Å². The monoisotopic (exact) mass is 1050 g/mol. The number of carbonyl (C=O) groups excluding carboxylic acids is 4. The van der Waals surface area contributed by atoms with Gasteiger partial charge in [-0.05, 0) is 111 Å². The van der Waals surface area contributed by atoms with Crippen molar-refractivity contribution in [1.29, 1.82) is 0 Å². The third-order valence-electron chi connectivity index (χ3n) is 12.7. The molecule has 4 amide bonds. The smallest absolute Gasteiger partial charge is 0.410 e. The third kappa shape index (κ3) is 13.8. The van der Waals surface area contributed by atoms with Crippen LogP contribution in [0.15, 0.2) is 94.7 Å². The topological polar surface area (TPSA) is 226 Å². The molecule has 2 heterocycles. The first-order chi connectivity index (χ1) is 35.3. The van der Waals surface area contributed by atoms with E-state index in [1.807, 2.05) is 52.0 Å². The first-order valence-electron chi connectivity index (χ1n) is 25.0. The molecule has 0 aliphatic carbocycles. The van der Waals surface area contributed by atoms with Gasteiger partial charge in [0.25, 0.3) is 11.4 Å². The first-order valence-corrected chi connectivity index (χ1v) is 25.8. The van der Waals surface area contributed by atoms with Gasteiger partial charge in [-0.1, -0.05) is 100 Å². The highest BCUT2D eigenvalue weighted by Crippen LogP contribution is 2.50. The Balaban J connectivity index is 1.44. The number of aliphatic hydroxyl groups excluding tert-OH is 2. The zero-order valence-electron chi connectivity index (χ0n) is 44.3. The Kier molecular flexibility index (Phi) is 18.3. The maximum atomic E-state index is 13.9. The third-order valence-corrected chi connectivity index (χ3v) is 13.8. The zero-order chi connectivity index (χ0) is 55.1. The standard InChI is InChI=1S/C56H68N6O12S/c1-35(2)41-15-11-13-17-43(41)49-37(21-25-47(65)59-29-27-57(31-39(59)33-63)53(67)73-55(5,6)7)19-23-45(51(49)61(69)70)75-46-24-20-38(50(52(46)62(71)72)44-18-14-12-16-42(44)36(3)4)22-26-48(66)60-30-28-58(32-40(60)34-64)54(68)74-56(8,9)10/h11-26,35-36,39-40,63-64H,27-34H2,1-10H3. The van der Waals surface area contributed by atoms with Gasteiger partial charge in [-0.3, -0.25) is 29.8 Å². The lowest BCUT2D eigenvalue weighted by Crippen LogP contribution is -2.58. The number of benzene rings is 4. The Morgan fingerprint density at radius 1 is 0.613 bits per heavy atom. The van der Waals surface area contributed by atoms with Crippen molar-refractivity contribution in [2.75, 3.05) is 52.5 Å². The molecule has 400 valence electrons. The molecule has 0 radical (unpaired) electrons. The zero-order valence-corrected chi connectivity index (χ0v) is 45.1. The SMILES string of the molecule is CC(C)c1ccccc1-c1c(C=CC(=O)N2CCN(C(=O)OC(C)(C)C)CC2CO)ccc(Sc2ccc(C=CC(=O)N3CCN(C(=O)OC(C)(C)C)CC3CO)c(-c3ccccc3C(C)C)c2[N+](=O)[O-])c1[N+](=O)[O-]. The van der Waals surface area contributed by atoms with Gasteiger partial charge >= 0.3 is 12.2 Å². The van der Waals surface area contributed by atoms with Crippen LogP contribution in [0, 0.1) is 20.2 Å². The summed E-state index contributed by atoms with van der Waals surface area (Å²) in [6, 6.07) is 19.2. The fraction of sp³-hybridized carbons (Fsp3) is 0.429. The van der Waals surface area contributed by atoms with Crippen LogP contribution >= 0.6 is 11.8 Å². The Morgan fingerprint density at radius 3 is 1.29 bits per heavy atom. The largest absolute Gasteiger partial charge is 0.444 e. The first kappa shape index (κ1) is 57.2. The molecule has 2 fully saturated rings. The predicted molar refractivity (Wildman–Crippen MR) is 288 cm³/mol. The number of amides is 4. The van der Waals surface area contributed by atoms with Crippen molar-refractivity contribution >= 4 is 59.3 Å². The lowest BCUT2D eigenvalue weighted by Gasteiger charge is -2.40. The molecule has 2 saturated heterocycles. The number of rotatable bonds is 14. The maximum absolute atomic E-state index is 13.9. The summed E-state index contributed by atoms with van der Waals surface area (Å²) in [7, 11) is 0. The van der Waals surface area contributed by atoms with Gasteiger partial charge in [0.15, 0.2) is 0 Å². The van der Waals surface area contributed by atoms with Crippen LogP contribution in [0.5, 0.6) is 0 Å². The number of nitrogens with zero attached hydrogens (tertiary/aromatic N) is 6. The van der Waals surface area contributed by atoms with E-state index in [1.165, 1.54) is 56.0 Å². The van der Waals surface area contributed by atoms with Gasteiger partial charge in [0.2, 0.25) is 11.8 Å². The van der Waals surface area contributed by atoms with E-state index in [-0.39, 0.29) is 83.4 Å². The highest BCUT2D eigenvalue weighted by Gasteiger charge is 2.36. The van der Waals surface area contributed by atoms with Gasteiger partial charge in [-0.25, -0.2) is 9.59 Å². The molecule has 2 unspecified atom stereocenters. The summed E-state index contributed by atoms with van der Waals surface area (Å²) in [5.41, 5.74) is 1.43. The average molecular weight is 1050 g/mol. The number of piperazine rings is 2. The van der Waals surface area contributed by atoms with Crippen molar-refractivity contribution < 1.29 is 48.7 Å². The minimum Gasteiger partial charge on any atom is -0.444 e. The Labute approximate surface area is 442 Å². The lowest BCUT2D eigenvalue weighted by molar-refractivity contribution is -0.387. The van der Waals surface area contributed by atoms with Gasteiger partial charge in [-0.2, -0.15) is 0 Å². The normalized spacial score (nSPS) is 16.6. The number of hydrogen-bond acceptors (Lipinski definition) is 13. The molecule has 2 atom stereocenters. The molecule has 2 N–H and O–H groups in total. The quantitative estimate of drug-likeness (QED) is 0.0682. The van der Waals surface area contributed by atoms with E-state index in [1.54, 1.807) is 77.9 Å². The van der Waals surface area contributed by atoms with Crippen LogP contribution < -0.4 is 0 Å². The molecule has 19 heteroatoms. The Morgan fingerprint density at radius 2 is 0.973 bits per heavy atom. The minimum atomic E-state index is -0.750. The molecule has 2 aliphatic heterocycles. The number of carbonyl (C=O) groups is 4. The van der Waals surface area contributed by atoms with Crippen molar-refractivity contribution in [3.05, 3.63) is 127 Å². The number of ether oxygens (including phenoxy) is 2. The number of nitro benzene ring substituents is 2. The van der Waals surface area contributed by atoms with Gasteiger partial charge in [-0.15, -0.1) is 0 Å². The second-order valence-electron chi connectivity index (χ2n) is 21.1. The summed E-state index contributed by atoms with van der Waals surface area (Å²) in [5, 5.41) is 47.9. The van der Waals surface area contributed by atoms with E-state index in [2.05, 4.69) is 0 Å². The predicted octanol–water partition coefficient (Wildman–Crippen LogP) is 10.1. The van der Waals surface area contributed by atoms with Crippen LogP contribution in [0.1, 0.15) is 103 Å². The summed E-state index contributed by atoms with van der Waals surface area (Å²) in [5.74, 6) is -1.18. The van der Waals surface area contributed by atoms with Crippen LogP contribution in [-0.4, -0.2) is 139 Å². The van der Waals surface area contributed by atoms with Gasteiger partial charge < -0.3 is 39.3 Å². The van der Waals surface area contributed by atoms with Crippen molar-refractivity contribution in [2.24, 2.45) is 0 Å². The molecule has 0 saturated carbocycles. The molecule has 4 aromatic rings. The van der Waals surface area contributed by atoms with E-state index < -0.39 is 70.3 Å². The summed E-state index contributed by atoms with van der Waals surface area (Å²) in [6.45, 7) is 18.0. The highest BCUT2D eigenvalue weighted by atomic mass is 32.2. The average Bonchev–Trinajstić information content (AvgIpc) is 3.35. The van der Waals surface area contributed by atoms with Crippen LogP contribution in [-0.2, 0) is 19.1 Å². The summed E-state index contributed by atoms with van der Waals surface area (Å²) in [6.07, 6.45) is 4.42. The van der Waals surface area contributed by atoms with Crippen molar-refractivity contribution in [3.8, 4) is 22.3 Å².